The van der Waals surface area contributed by atoms with Crippen LogP contribution < -0.4 is 5.56 Å². The molecule has 4 nitrogen and oxygen atoms in total. The summed E-state index contributed by atoms with van der Waals surface area (Å²) in [4.78, 5) is 19.7. The van der Waals surface area contributed by atoms with Crippen molar-refractivity contribution in [1.82, 2.24) is 14.3 Å². The average Bonchev–Trinajstić information content (AvgIpc) is 3.27. The number of halogens is 1. The number of hydrogen-bond donors (Lipinski definition) is 0. The summed E-state index contributed by atoms with van der Waals surface area (Å²) in [7, 11) is 0. The van der Waals surface area contributed by atoms with Crippen molar-refractivity contribution in [3.63, 3.8) is 0 Å². The lowest BCUT2D eigenvalue weighted by Crippen LogP contribution is -2.26. The molecule has 0 radical (unpaired) electrons. The van der Waals surface area contributed by atoms with Gasteiger partial charge in [-0.25, -0.2) is 9.37 Å². The Morgan fingerprint density at radius 3 is 2.78 bits per heavy atom. The molecule has 2 aromatic heterocycles. The van der Waals surface area contributed by atoms with E-state index in [0.29, 0.717) is 12.6 Å². The molecular formula is C17H16FN3OS. The molecule has 0 atom stereocenters. The second kappa shape index (κ2) is 5.86. The average molecular weight is 329 g/mol. The molecule has 0 N–H and O–H groups in total. The Hall–Kier alpha value is -2.05. The molecule has 1 aliphatic carbocycles. The molecule has 0 unspecified atom stereocenters. The summed E-state index contributed by atoms with van der Waals surface area (Å²) < 4.78 is 14.6. The van der Waals surface area contributed by atoms with E-state index in [1.165, 1.54) is 36.3 Å². The molecule has 4 rings (SSSR count). The zero-order chi connectivity index (χ0) is 15.8. The fourth-order valence-corrected chi connectivity index (χ4v) is 3.49. The molecule has 0 spiro atoms. The summed E-state index contributed by atoms with van der Waals surface area (Å²) in [6, 6.07) is 8.75. The van der Waals surface area contributed by atoms with Crippen molar-refractivity contribution in [3.05, 3.63) is 69.3 Å². The Morgan fingerprint density at radius 1 is 1.26 bits per heavy atom. The predicted molar refractivity (Wildman–Crippen MR) is 88.0 cm³/mol. The van der Waals surface area contributed by atoms with E-state index in [2.05, 4.69) is 9.88 Å². The van der Waals surface area contributed by atoms with Crippen molar-refractivity contribution in [1.29, 1.82) is 0 Å². The molecule has 23 heavy (non-hydrogen) atoms. The van der Waals surface area contributed by atoms with Gasteiger partial charge in [0, 0.05) is 36.8 Å². The minimum Gasteiger partial charge on any atom is -0.290 e. The molecule has 1 aliphatic rings. The van der Waals surface area contributed by atoms with Crippen LogP contribution in [0.5, 0.6) is 0 Å². The first kappa shape index (κ1) is 14.5. The Bertz CT molecular complexity index is 883. The Labute approximate surface area is 136 Å². The summed E-state index contributed by atoms with van der Waals surface area (Å²) in [6.07, 6.45) is 4.08. The SMILES string of the molecule is O=c1cc(CN(Cc2ccc(F)cc2)C2CC2)nc2sccn12. The molecule has 118 valence electrons. The molecule has 0 saturated heterocycles. The van der Waals surface area contributed by atoms with Gasteiger partial charge in [-0.1, -0.05) is 12.1 Å². The fourth-order valence-electron chi connectivity index (χ4n) is 2.76. The van der Waals surface area contributed by atoms with Crippen LogP contribution in [0.2, 0.25) is 0 Å². The van der Waals surface area contributed by atoms with E-state index in [4.69, 9.17) is 0 Å². The maximum atomic E-state index is 13.0. The van der Waals surface area contributed by atoms with Gasteiger partial charge in [-0.2, -0.15) is 0 Å². The molecule has 0 bridgehead atoms. The number of aromatic nitrogens is 2. The van der Waals surface area contributed by atoms with Crippen LogP contribution >= 0.6 is 11.3 Å². The molecule has 1 fully saturated rings. The summed E-state index contributed by atoms with van der Waals surface area (Å²) in [6.45, 7) is 1.39. The highest BCUT2D eigenvalue weighted by molar-refractivity contribution is 7.15. The first-order chi connectivity index (χ1) is 11.2. The normalized spacial score (nSPS) is 14.7. The number of nitrogens with zero attached hydrogens (tertiary/aromatic N) is 3. The third-order valence-electron chi connectivity index (χ3n) is 4.08. The van der Waals surface area contributed by atoms with E-state index in [1.54, 1.807) is 16.7 Å². The monoisotopic (exact) mass is 329 g/mol. The molecule has 3 aromatic rings. The van der Waals surface area contributed by atoms with Crippen LogP contribution in [-0.2, 0) is 13.1 Å². The first-order valence-electron chi connectivity index (χ1n) is 7.63. The van der Waals surface area contributed by atoms with Gasteiger partial charge in [0.15, 0.2) is 4.96 Å². The summed E-state index contributed by atoms with van der Waals surface area (Å²) in [5.74, 6) is -0.218. The molecule has 6 heteroatoms. The quantitative estimate of drug-likeness (QED) is 0.722. The standard InChI is InChI=1S/C17H16FN3OS/c18-13-3-1-12(2-4-13)10-20(15-5-6-15)11-14-9-16(22)21-7-8-23-17(21)19-14/h1-4,7-9,15H,5-6,10-11H2. The topological polar surface area (TPSA) is 37.6 Å². The van der Waals surface area contributed by atoms with E-state index in [0.717, 1.165) is 22.8 Å². The molecule has 1 saturated carbocycles. The maximum absolute atomic E-state index is 13.0. The minimum atomic E-state index is -0.218. The molecule has 0 amide bonds. The van der Waals surface area contributed by atoms with Gasteiger partial charge in [-0.15, -0.1) is 11.3 Å². The van der Waals surface area contributed by atoms with Crippen molar-refractivity contribution >= 4 is 16.3 Å². The summed E-state index contributed by atoms with van der Waals surface area (Å²) in [5.41, 5.74) is 1.84. The smallest absolute Gasteiger partial charge is 0.258 e. The number of benzene rings is 1. The van der Waals surface area contributed by atoms with Crippen molar-refractivity contribution in [2.75, 3.05) is 0 Å². The lowest BCUT2D eigenvalue weighted by molar-refractivity contribution is 0.243. The van der Waals surface area contributed by atoms with Gasteiger partial charge in [-0.05, 0) is 30.5 Å². The Morgan fingerprint density at radius 2 is 2.04 bits per heavy atom. The number of fused-ring (bicyclic) bond motifs is 1. The highest BCUT2D eigenvalue weighted by atomic mass is 32.1. The fraction of sp³-hybridized carbons (Fsp3) is 0.294. The van der Waals surface area contributed by atoms with E-state index in [1.807, 2.05) is 17.5 Å². The molecule has 2 heterocycles. The van der Waals surface area contributed by atoms with Crippen molar-refractivity contribution in [2.24, 2.45) is 0 Å². The van der Waals surface area contributed by atoms with Crippen molar-refractivity contribution < 1.29 is 4.39 Å². The van der Waals surface area contributed by atoms with Crippen LogP contribution in [0.1, 0.15) is 24.1 Å². The van der Waals surface area contributed by atoms with Gasteiger partial charge in [-0.3, -0.25) is 14.1 Å². The van der Waals surface area contributed by atoms with Gasteiger partial charge in [0.2, 0.25) is 0 Å². The minimum absolute atomic E-state index is 0.0382. The van der Waals surface area contributed by atoms with Gasteiger partial charge in [0.1, 0.15) is 5.82 Å². The molecule has 0 aliphatic heterocycles. The third-order valence-corrected chi connectivity index (χ3v) is 4.84. The van der Waals surface area contributed by atoms with Gasteiger partial charge in [0.05, 0.1) is 5.69 Å². The second-order valence-corrected chi connectivity index (χ2v) is 6.78. The third kappa shape index (κ3) is 3.18. The number of thiazole rings is 1. The van der Waals surface area contributed by atoms with Crippen LogP contribution in [0.4, 0.5) is 4.39 Å². The highest BCUT2D eigenvalue weighted by Gasteiger charge is 2.29. The lowest BCUT2D eigenvalue weighted by Gasteiger charge is -2.21. The van der Waals surface area contributed by atoms with Crippen LogP contribution in [-0.4, -0.2) is 20.3 Å². The van der Waals surface area contributed by atoms with Crippen molar-refractivity contribution in [3.8, 4) is 0 Å². The molecular weight excluding hydrogens is 313 g/mol. The predicted octanol–water partition coefficient (Wildman–Crippen LogP) is 3.06. The lowest BCUT2D eigenvalue weighted by atomic mass is 10.2. The largest absolute Gasteiger partial charge is 0.290 e. The van der Waals surface area contributed by atoms with Gasteiger partial charge < -0.3 is 0 Å². The molecule has 1 aromatic carbocycles. The van der Waals surface area contributed by atoms with E-state index < -0.39 is 0 Å². The summed E-state index contributed by atoms with van der Waals surface area (Å²) >= 11 is 1.46. The summed E-state index contributed by atoms with van der Waals surface area (Å²) in [5, 5.41) is 1.87. The van der Waals surface area contributed by atoms with E-state index in [-0.39, 0.29) is 11.4 Å². The Kier molecular flexibility index (Phi) is 3.71. The van der Waals surface area contributed by atoms with Crippen LogP contribution in [0.3, 0.4) is 0 Å². The van der Waals surface area contributed by atoms with Gasteiger partial charge >= 0.3 is 0 Å². The second-order valence-electron chi connectivity index (χ2n) is 5.90. The maximum Gasteiger partial charge on any atom is 0.258 e. The van der Waals surface area contributed by atoms with Crippen molar-refractivity contribution in [2.45, 2.75) is 32.0 Å². The van der Waals surface area contributed by atoms with Gasteiger partial charge in [0.25, 0.3) is 5.56 Å². The van der Waals surface area contributed by atoms with Crippen LogP contribution in [0.15, 0.2) is 46.7 Å². The van der Waals surface area contributed by atoms with E-state index >= 15 is 0 Å². The number of hydrogen-bond acceptors (Lipinski definition) is 4. The highest BCUT2D eigenvalue weighted by Crippen LogP contribution is 2.29. The zero-order valence-corrected chi connectivity index (χ0v) is 13.3. The van der Waals surface area contributed by atoms with E-state index in [9.17, 15) is 9.18 Å². The number of rotatable bonds is 5. The van der Waals surface area contributed by atoms with Crippen LogP contribution in [0, 0.1) is 5.82 Å². The first-order valence-corrected chi connectivity index (χ1v) is 8.51. The zero-order valence-electron chi connectivity index (χ0n) is 12.5. The Balaban J connectivity index is 1.57. The van der Waals surface area contributed by atoms with Crippen LogP contribution in [0.25, 0.3) is 4.96 Å².